The second kappa shape index (κ2) is 4.77. The summed E-state index contributed by atoms with van der Waals surface area (Å²) in [4.78, 5) is 0. The smallest absolute Gasteiger partial charge is 0.0511 e. The molecule has 2 heteroatoms. The van der Waals surface area contributed by atoms with Gasteiger partial charge >= 0.3 is 0 Å². The van der Waals surface area contributed by atoms with Crippen molar-refractivity contribution in [3.63, 3.8) is 0 Å². The first kappa shape index (κ1) is 10.7. The van der Waals surface area contributed by atoms with Crippen LogP contribution in [-0.2, 0) is 0 Å². The lowest BCUT2D eigenvalue weighted by molar-refractivity contribution is 0.261. The van der Waals surface area contributed by atoms with Gasteiger partial charge in [-0.05, 0) is 25.3 Å². The van der Waals surface area contributed by atoms with Crippen LogP contribution in [0.5, 0.6) is 0 Å². The van der Waals surface area contributed by atoms with Crippen LogP contribution in [0.25, 0.3) is 0 Å². The molecule has 0 saturated heterocycles. The van der Waals surface area contributed by atoms with Crippen LogP contribution >= 0.6 is 0 Å². The maximum Gasteiger partial charge on any atom is 0.0511 e. The van der Waals surface area contributed by atoms with Crippen molar-refractivity contribution in [2.45, 2.75) is 31.7 Å². The molecule has 0 radical (unpaired) electrons. The summed E-state index contributed by atoms with van der Waals surface area (Å²) in [6.07, 6.45) is 2.60. The standard InChI is InChI=1S/C13H19NO/c1-10-3-2-4-11(7-10)12(9-15)8-14-13-5-6-13/h2-4,7,12-15H,5-6,8-9H2,1H3. The van der Waals surface area contributed by atoms with Crippen molar-refractivity contribution in [3.05, 3.63) is 35.4 Å². The summed E-state index contributed by atoms with van der Waals surface area (Å²) >= 11 is 0. The zero-order valence-electron chi connectivity index (χ0n) is 9.24. The highest BCUT2D eigenvalue weighted by Gasteiger charge is 2.22. The van der Waals surface area contributed by atoms with Gasteiger partial charge in [-0.15, -0.1) is 0 Å². The van der Waals surface area contributed by atoms with E-state index < -0.39 is 0 Å². The molecular weight excluding hydrogens is 186 g/mol. The summed E-state index contributed by atoms with van der Waals surface area (Å²) in [5, 5.41) is 12.8. The predicted molar refractivity (Wildman–Crippen MR) is 62.0 cm³/mol. The Kier molecular flexibility index (Phi) is 3.39. The number of benzene rings is 1. The van der Waals surface area contributed by atoms with Crippen LogP contribution < -0.4 is 5.32 Å². The molecule has 1 aromatic carbocycles. The van der Waals surface area contributed by atoms with Gasteiger partial charge in [0.1, 0.15) is 0 Å². The molecule has 1 fully saturated rings. The number of hydrogen-bond donors (Lipinski definition) is 2. The van der Waals surface area contributed by atoms with E-state index in [1.165, 1.54) is 24.0 Å². The van der Waals surface area contributed by atoms with Crippen molar-refractivity contribution in [2.24, 2.45) is 0 Å². The Labute approximate surface area is 91.3 Å². The van der Waals surface area contributed by atoms with E-state index >= 15 is 0 Å². The van der Waals surface area contributed by atoms with Crippen LogP contribution in [-0.4, -0.2) is 24.3 Å². The molecule has 1 unspecified atom stereocenters. The minimum absolute atomic E-state index is 0.225. The lowest BCUT2D eigenvalue weighted by Crippen LogP contribution is -2.25. The third-order valence-electron chi connectivity index (χ3n) is 2.96. The van der Waals surface area contributed by atoms with Crippen molar-refractivity contribution < 1.29 is 5.11 Å². The van der Waals surface area contributed by atoms with Crippen LogP contribution in [0.2, 0.25) is 0 Å². The fraction of sp³-hybridized carbons (Fsp3) is 0.538. The molecule has 1 atom stereocenters. The van der Waals surface area contributed by atoms with Gasteiger partial charge in [0.15, 0.2) is 0 Å². The SMILES string of the molecule is Cc1cccc(C(CO)CNC2CC2)c1. The third kappa shape index (κ3) is 3.05. The van der Waals surface area contributed by atoms with Crippen molar-refractivity contribution >= 4 is 0 Å². The Morgan fingerprint density at radius 1 is 1.47 bits per heavy atom. The molecule has 0 spiro atoms. The number of nitrogens with one attached hydrogen (secondary N) is 1. The zero-order chi connectivity index (χ0) is 10.7. The Bertz CT molecular complexity index is 320. The normalized spacial score (nSPS) is 17.7. The van der Waals surface area contributed by atoms with Crippen LogP contribution in [0.4, 0.5) is 0 Å². The molecule has 0 aliphatic heterocycles. The van der Waals surface area contributed by atoms with Gasteiger partial charge in [-0.2, -0.15) is 0 Å². The van der Waals surface area contributed by atoms with Crippen molar-refractivity contribution in [1.29, 1.82) is 0 Å². The fourth-order valence-electron chi connectivity index (χ4n) is 1.81. The topological polar surface area (TPSA) is 32.3 Å². The monoisotopic (exact) mass is 205 g/mol. The highest BCUT2D eigenvalue weighted by molar-refractivity contribution is 5.25. The van der Waals surface area contributed by atoms with Gasteiger partial charge in [-0.1, -0.05) is 29.8 Å². The summed E-state index contributed by atoms with van der Waals surface area (Å²) in [5.74, 6) is 0.241. The largest absolute Gasteiger partial charge is 0.396 e. The lowest BCUT2D eigenvalue weighted by atomic mass is 9.98. The van der Waals surface area contributed by atoms with Gasteiger partial charge in [-0.25, -0.2) is 0 Å². The van der Waals surface area contributed by atoms with Gasteiger partial charge in [0.05, 0.1) is 6.61 Å². The van der Waals surface area contributed by atoms with Crippen molar-refractivity contribution in [1.82, 2.24) is 5.32 Å². The molecule has 1 saturated carbocycles. The molecule has 2 rings (SSSR count). The van der Waals surface area contributed by atoms with Crippen LogP contribution in [0, 0.1) is 6.92 Å². The first-order valence-corrected chi connectivity index (χ1v) is 5.70. The molecule has 0 amide bonds. The Hall–Kier alpha value is -0.860. The third-order valence-corrected chi connectivity index (χ3v) is 2.96. The molecule has 0 aromatic heterocycles. The van der Waals surface area contributed by atoms with Gasteiger partial charge in [0.2, 0.25) is 0 Å². The van der Waals surface area contributed by atoms with Crippen LogP contribution in [0.1, 0.15) is 29.9 Å². The number of aliphatic hydroxyl groups excluding tert-OH is 1. The van der Waals surface area contributed by atoms with E-state index in [1.807, 2.05) is 0 Å². The van der Waals surface area contributed by atoms with Gasteiger partial charge in [0, 0.05) is 18.5 Å². The number of aliphatic hydroxyl groups is 1. The first-order chi connectivity index (χ1) is 7.29. The van der Waals surface area contributed by atoms with E-state index in [1.54, 1.807) is 0 Å². The highest BCUT2D eigenvalue weighted by Crippen LogP contribution is 2.21. The van der Waals surface area contributed by atoms with E-state index in [0.29, 0.717) is 6.04 Å². The molecule has 82 valence electrons. The minimum atomic E-state index is 0.225. The fourth-order valence-corrected chi connectivity index (χ4v) is 1.81. The molecule has 2 nitrogen and oxygen atoms in total. The van der Waals surface area contributed by atoms with E-state index in [4.69, 9.17) is 0 Å². The molecule has 15 heavy (non-hydrogen) atoms. The van der Waals surface area contributed by atoms with Gasteiger partial charge < -0.3 is 10.4 Å². The average Bonchev–Trinajstić information content (AvgIpc) is 3.03. The highest BCUT2D eigenvalue weighted by atomic mass is 16.3. The van der Waals surface area contributed by atoms with Crippen molar-refractivity contribution in [2.75, 3.05) is 13.2 Å². The molecule has 2 N–H and O–H groups in total. The Balaban J connectivity index is 1.97. The number of rotatable bonds is 5. The zero-order valence-corrected chi connectivity index (χ0v) is 9.24. The van der Waals surface area contributed by atoms with E-state index in [-0.39, 0.29) is 12.5 Å². The summed E-state index contributed by atoms with van der Waals surface area (Å²) in [6, 6.07) is 9.12. The molecule has 0 bridgehead atoms. The van der Waals surface area contributed by atoms with E-state index in [0.717, 1.165) is 6.54 Å². The minimum Gasteiger partial charge on any atom is -0.396 e. The van der Waals surface area contributed by atoms with Crippen LogP contribution in [0.3, 0.4) is 0 Å². The second-order valence-corrected chi connectivity index (χ2v) is 4.48. The van der Waals surface area contributed by atoms with E-state index in [2.05, 4.69) is 36.5 Å². The predicted octanol–water partition coefficient (Wildman–Crippen LogP) is 1.82. The second-order valence-electron chi connectivity index (χ2n) is 4.48. The molecule has 1 aromatic rings. The average molecular weight is 205 g/mol. The maximum absolute atomic E-state index is 9.36. The summed E-state index contributed by atoms with van der Waals surface area (Å²) in [6.45, 7) is 3.21. The summed E-state index contributed by atoms with van der Waals surface area (Å²) in [5.41, 5.74) is 2.50. The molecule has 1 aliphatic carbocycles. The molecule has 0 heterocycles. The Morgan fingerprint density at radius 3 is 2.87 bits per heavy atom. The summed E-state index contributed by atoms with van der Waals surface area (Å²) < 4.78 is 0. The summed E-state index contributed by atoms with van der Waals surface area (Å²) in [7, 11) is 0. The molecule has 1 aliphatic rings. The molecular formula is C13H19NO. The van der Waals surface area contributed by atoms with Crippen molar-refractivity contribution in [3.8, 4) is 0 Å². The maximum atomic E-state index is 9.36. The van der Waals surface area contributed by atoms with E-state index in [9.17, 15) is 5.11 Å². The first-order valence-electron chi connectivity index (χ1n) is 5.70. The number of aryl methyl sites for hydroxylation is 1. The Morgan fingerprint density at radius 2 is 2.27 bits per heavy atom. The number of hydrogen-bond acceptors (Lipinski definition) is 2. The lowest BCUT2D eigenvalue weighted by Gasteiger charge is -2.15. The van der Waals surface area contributed by atoms with Gasteiger partial charge in [0.25, 0.3) is 0 Å². The van der Waals surface area contributed by atoms with Crippen LogP contribution in [0.15, 0.2) is 24.3 Å². The van der Waals surface area contributed by atoms with Gasteiger partial charge in [-0.3, -0.25) is 0 Å². The quantitative estimate of drug-likeness (QED) is 0.768.